The summed E-state index contributed by atoms with van der Waals surface area (Å²) in [5.41, 5.74) is 13.1. The van der Waals surface area contributed by atoms with Crippen LogP contribution in [0.4, 0.5) is 0 Å². The van der Waals surface area contributed by atoms with Crippen LogP contribution in [0.3, 0.4) is 0 Å². The molecule has 0 amide bonds. The van der Waals surface area contributed by atoms with E-state index in [-0.39, 0.29) is 11.0 Å². The SMILES string of the molecule is CC(C)(C)c1cc(-c2nc3c(-c4cc(-c5cc(-c6ccccc6)ccn5)c5ccccc5c4)cccc3n2C(C)(C)C)c2[nH]c3ccccc3c2c1. The summed E-state index contributed by atoms with van der Waals surface area (Å²) < 4.78 is 2.44. The van der Waals surface area contributed by atoms with Gasteiger partial charge in [-0.1, -0.05) is 106 Å². The van der Waals surface area contributed by atoms with Crippen LogP contribution < -0.4 is 0 Å². The molecule has 0 unspecified atom stereocenters. The molecule has 0 bridgehead atoms. The van der Waals surface area contributed by atoms with E-state index in [1.165, 1.54) is 32.7 Å². The quantitative estimate of drug-likeness (QED) is 0.202. The molecular weight excluding hydrogens is 633 g/mol. The maximum absolute atomic E-state index is 5.63. The number of fused-ring (bicyclic) bond motifs is 5. The van der Waals surface area contributed by atoms with Gasteiger partial charge in [0.05, 0.1) is 22.2 Å². The second kappa shape index (κ2) is 11.8. The molecule has 0 aliphatic carbocycles. The van der Waals surface area contributed by atoms with E-state index >= 15 is 0 Å². The summed E-state index contributed by atoms with van der Waals surface area (Å²) in [5, 5.41) is 4.82. The van der Waals surface area contributed by atoms with Gasteiger partial charge in [-0.25, -0.2) is 4.98 Å². The molecule has 0 aliphatic rings. The van der Waals surface area contributed by atoms with Crippen LogP contribution in [0.15, 0.2) is 140 Å². The first-order valence-corrected chi connectivity index (χ1v) is 18.2. The van der Waals surface area contributed by atoms with E-state index in [1.54, 1.807) is 0 Å². The predicted octanol–water partition coefficient (Wildman–Crippen LogP) is 12.9. The van der Waals surface area contributed by atoms with Gasteiger partial charge in [-0.05, 0) is 108 Å². The zero-order valence-corrected chi connectivity index (χ0v) is 30.6. The van der Waals surface area contributed by atoms with Crippen LogP contribution in [0.5, 0.6) is 0 Å². The molecule has 0 spiro atoms. The van der Waals surface area contributed by atoms with Gasteiger partial charge in [-0.3, -0.25) is 4.98 Å². The van der Waals surface area contributed by atoms with E-state index in [0.717, 1.165) is 61.4 Å². The van der Waals surface area contributed by atoms with Crippen LogP contribution in [0.25, 0.3) is 88.5 Å². The first-order chi connectivity index (χ1) is 25.0. The molecule has 0 atom stereocenters. The zero-order chi connectivity index (χ0) is 35.8. The predicted molar refractivity (Wildman–Crippen MR) is 220 cm³/mol. The summed E-state index contributed by atoms with van der Waals surface area (Å²) >= 11 is 0. The number of para-hydroxylation sites is 2. The Hall–Kier alpha value is -6.00. The summed E-state index contributed by atoms with van der Waals surface area (Å²) in [4.78, 5) is 14.4. The minimum absolute atomic E-state index is 0.0433. The number of H-pyrrole nitrogens is 1. The highest BCUT2D eigenvalue weighted by atomic mass is 15.1. The highest BCUT2D eigenvalue weighted by Gasteiger charge is 2.28. The Labute approximate surface area is 304 Å². The topological polar surface area (TPSA) is 46.5 Å². The van der Waals surface area contributed by atoms with Gasteiger partial charge in [-0.2, -0.15) is 0 Å². The van der Waals surface area contributed by atoms with Crippen molar-refractivity contribution >= 4 is 43.6 Å². The summed E-state index contributed by atoms with van der Waals surface area (Å²) in [5.74, 6) is 0.968. The number of pyridine rings is 1. The van der Waals surface area contributed by atoms with Crippen LogP contribution in [-0.2, 0) is 11.0 Å². The largest absolute Gasteiger partial charge is 0.354 e. The number of hydrogen-bond acceptors (Lipinski definition) is 2. The normalized spacial score (nSPS) is 12.4. The van der Waals surface area contributed by atoms with Gasteiger partial charge < -0.3 is 9.55 Å². The lowest BCUT2D eigenvalue weighted by atomic mass is 9.85. The first-order valence-electron chi connectivity index (χ1n) is 18.2. The summed E-state index contributed by atoms with van der Waals surface area (Å²) in [6.45, 7) is 13.7. The number of aromatic amines is 1. The van der Waals surface area contributed by atoms with Crippen molar-refractivity contribution in [1.29, 1.82) is 0 Å². The van der Waals surface area contributed by atoms with Crippen molar-refractivity contribution in [2.75, 3.05) is 0 Å². The van der Waals surface area contributed by atoms with Crippen LogP contribution >= 0.6 is 0 Å². The standard InChI is InChI=1S/C48H42N4/c1-47(2,3)34-28-39-37-19-12-13-21-41(37)50-44(39)40(29-34)46-51-45-36(20-14-22-43(45)52(46)48(4,5)6)33-25-32-17-10-11-18-35(32)38(26-33)42-27-31(23-24-49-42)30-15-8-7-9-16-30/h7-29,50H,1-6H3. The average molecular weight is 675 g/mol. The lowest BCUT2D eigenvalue weighted by Gasteiger charge is -2.26. The fraction of sp³-hybridized carbons (Fsp3) is 0.167. The lowest BCUT2D eigenvalue weighted by Crippen LogP contribution is -2.23. The molecule has 9 aromatic rings. The Kier molecular flexibility index (Phi) is 7.24. The van der Waals surface area contributed by atoms with E-state index in [1.807, 2.05) is 6.20 Å². The van der Waals surface area contributed by atoms with Crippen molar-refractivity contribution in [1.82, 2.24) is 19.5 Å². The molecular formula is C48H42N4. The zero-order valence-electron chi connectivity index (χ0n) is 30.6. The second-order valence-corrected chi connectivity index (χ2v) is 16.0. The lowest BCUT2D eigenvalue weighted by molar-refractivity contribution is 0.413. The van der Waals surface area contributed by atoms with E-state index < -0.39 is 0 Å². The number of hydrogen-bond donors (Lipinski definition) is 1. The van der Waals surface area contributed by atoms with Crippen LogP contribution in [0.1, 0.15) is 47.1 Å². The Balaban J connectivity index is 1.31. The third-order valence-corrected chi connectivity index (χ3v) is 10.4. The highest BCUT2D eigenvalue weighted by molar-refractivity contribution is 6.12. The van der Waals surface area contributed by atoms with Crippen molar-refractivity contribution < 1.29 is 0 Å². The molecule has 4 nitrogen and oxygen atoms in total. The third kappa shape index (κ3) is 5.29. The van der Waals surface area contributed by atoms with Crippen LogP contribution in [-0.4, -0.2) is 19.5 Å². The summed E-state index contributed by atoms with van der Waals surface area (Å²) in [6, 6.07) is 48.0. The molecule has 3 aromatic heterocycles. The van der Waals surface area contributed by atoms with E-state index in [9.17, 15) is 0 Å². The number of aromatic nitrogens is 4. The summed E-state index contributed by atoms with van der Waals surface area (Å²) in [6.07, 6.45) is 1.92. The van der Waals surface area contributed by atoms with Gasteiger partial charge in [0.1, 0.15) is 5.82 Å². The highest BCUT2D eigenvalue weighted by Crippen LogP contribution is 2.43. The fourth-order valence-corrected chi connectivity index (χ4v) is 7.82. The van der Waals surface area contributed by atoms with Gasteiger partial charge in [0.25, 0.3) is 0 Å². The van der Waals surface area contributed by atoms with Gasteiger partial charge >= 0.3 is 0 Å². The Morgan fingerprint density at radius 1 is 0.558 bits per heavy atom. The molecule has 0 saturated heterocycles. The molecule has 52 heavy (non-hydrogen) atoms. The Bertz CT molecular complexity index is 2800. The minimum Gasteiger partial charge on any atom is -0.354 e. The van der Waals surface area contributed by atoms with Gasteiger partial charge in [0.2, 0.25) is 0 Å². The van der Waals surface area contributed by atoms with Crippen LogP contribution in [0, 0.1) is 0 Å². The van der Waals surface area contributed by atoms with Gasteiger partial charge in [0.15, 0.2) is 0 Å². The van der Waals surface area contributed by atoms with Crippen molar-refractivity contribution in [3.8, 4) is 44.9 Å². The number of imidazole rings is 1. The van der Waals surface area contributed by atoms with Crippen molar-refractivity contribution in [2.45, 2.75) is 52.5 Å². The number of rotatable bonds is 4. The number of nitrogens with zero attached hydrogens (tertiary/aromatic N) is 3. The number of nitrogens with one attached hydrogen (secondary N) is 1. The molecule has 0 aliphatic heterocycles. The fourth-order valence-electron chi connectivity index (χ4n) is 7.82. The number of benzene rings is 6. The van der Waals surface area contributed by atoms with E-state index in [0.29, 0.717) is 0 Å². The molecule has 4 heteroatoms. The Morgan fingerprint density at radius 2 is 1.31 bits per heavy atom. The smallest absolute Gasteiger partial charge is 0.143 e. The molecule has 3 heterocycles. The van der Waals surface area contributed by atoms with Crippen LogP contribution in [0.2, 0.25) is 0 Å². The third-order valence-electron chi connectivity index (χ3n) is 10.4. The van der Waals surface area contributed by atoms with Crippen molar-refractivity contribution in [3.05, 3.63) is 145 Å². The molecule has 0 radical (unpaired) electrons. The average Bonchev–Trinajstić information content (AvgIpc) is 3.73. The van der Waals surface area contributed by atoms with Gasteiger partial charge in [0, 0.05) is 44.7 Å². The summed E-state index contributed by atoms with van der Waals surface area (Å²) in [7, 11) is 0. The minimum atomic E-state index is -0.241. The first kappa shape index (κ1) is 31.9. The molecule has 0 fully saturated rings. The van der Waals surface area contributed by atoms with Crippen molar-refractivity contribution in [3.63, 3.8) is 0 Å². The molecule has 254 valence electrons. The molecule has 6 aromatic carbocycles. The molecule has 0 saturated carbocycles. The maximum atomic E-state index is 5.63. The second-order valence-electron chi connectivity index (χ2n) is 16.0. The van der Waals surface area contributed by atoms with E-state index in [2.05, 4.69) is 185 Å². The maximum Gasteiger partial charge on any atom is 0.143 e. The van der Waals surface area contributed by atoms with Crippen molar-refractivity contribution in [2.24, 2.45) is 0 Å². The van der Waals surface area contributed by atoms with E-state index in [4.69, 9.17) is 9.97 Å². The monoisotopic (exact) mass is 674 g/mol. The molecule has 1 N–H and O–H groups in total. The Morgan fingerprint density at radius 3 is 2.10 bits per heavy atom. The molecule has 9 rings (SSSR count). The van der Waals surface area contributed by atoms with Gasteiger partial charge in [-0.15, -0.1) is 0 Å².